The number of hydrogen-bond acceptors (Lipinski definition) is 6. The summed E-state index contributed by atoms with van der Waals surface area (Å²) in [5.41, 5.74) is 1.15. The van der Waals surface area contributed by atoms with E-state index in [1.54, 1.807) is 78.1 Å². The van der Waals surface area contributed by atoms with Crippen LogP contribution in [0.5, 0.6) is 11.5 Å². The highest BCUT2D eigenvalue weighted by molar-refractivity contribution is 7.11. The number of amides is 2. The van der Waals surface area contributed by atoms with Crippen molar-refractivity contribution in [1.29, 1.82) is 0 Å². The van der Waals surface area contributed by atoms with Crippen LogP contribution in [0.25, 0.3) is 0 Å². The van der Waals surface area contributed by atoms with Gasteiger partial charge in [0.25, 0.3) is 11.8 Å². The number of thiophene rings is 1. The first-order chi connectivity index (χ1) is 17.0. The van der Waals surface area contributed by atoms with E-state index in [-0.39, 0.29) is 18.4 Å². The van der Waals surface area contributed by atoms with Crippen molar-refractivity contribution in [2.75, 3.05) is 19.0 Å². The Morgan fingerprint density at radius 1 is 0.971 bits per heavy atom. The SMILES string of the molecule is COc1cccc(NC(=O)COc2ccc(C(=O)N(Cc3ccco3)Cc3ccc(C)s3)cc2)c1. The predicted molar refractivity (Wildman–Crippen MR) is 135 cm³/mol. The van der Waals surface area contributed by atoms with Crippen LogP contribution >= 0.6 is 11.3 Å². The Labute approximate surface area is 207 Å². The highest BCUT2D eigenvalue weighted by atomic mass is 32.1. The van der Waals surface area contributed by atoms with Gasteiger partial charge in [-0.15, -0.1) is 11.3 Å². The van der Waals surface area contributed by atoms with Crippen molar-refractivity contribution in [2.24, 2.45) is 0 Å². The molecule has 2 aromatic heterocycles. The topological polar surface area (TPSA) is 81.0 Å². The molecule has 0 fully saturated rings. The van der Waals surface area contributed by atoms with Crippen LogP contribution in [0.15, 0.2) is 83.5 Å². The van der Waals surface area contributed by atoms with E-state index in [2.05, 4.69) is 5.32 Å². The quantitative estimate of drug-likeness (QED) is 0.317. The summed E-state index contributed by atoms with van der Waals surface area (Å²) in [7, 11) is 1.57. The van der Waals surface area contributed by atoms with Crippen molar-refractivity contribution in [3.63, 3.8) is 0 Å². The van der Waals surface area contributed by atoms with Crippen molar-refractivity contribution in [3.8, 4) is 11.5 Å². The zero-order valence-electron chi connectivity index (χ0n) is 19.5. The lowest BCUT2D eigenvalue weighted by Gasteiger charge is -2.21. The van der Waals surface area contributed by atoms with Gasteiger partial charge in [0.1, 0.15) is 17.3 Å². The van der Waals surface area contributed by atoms with Crippen molar-refractivity contribution < 1.29 is 23.5 Å². The molecule has 0 saturated heterocycles. The second kappa shape index (κ2) is 11.4. The lowest BCUT2D eigenvalue weighted by Crippen LogP contribution is -2.29. The van der Waals surface area contributed by atoms with Gasteiger partial charge in [0, 0.05) is 27.1 Å². The van der Waals surface area contributed by atoms with Gasteiger partial charge in [-0.3, -0.25) is 9.59 Å². The molecule has 0 aliphatic heterocycles. The Balaban J connectivity index is 1.37. The van der Waals surface area contributed by atoms with Crippen molar-refractivity contribution in [2.45, 2.75) is 20.0 Å². The number of anilines is 1. The Bertz CT molecular complexity index is 1260. The number of hydrogen-bond donors (Lipinski definition) is 1. The molecule has 1 N–H and O–H groups in total. The molecule has 180 valence electrons. The Morgan fingerprint density at radius 3 is 2.49 bits per heavy atom. The zero-order chi connectivity index (χ0) is 24.6. The molecular weight excluding hydrogens is 464 g/mol. The average Bonchev–Trinajstić information content (AvgIpc) is 3.54. The number of benzene rings is 2. The van der Waals surface area contributed by atoms with Crippen LogP contribution in [0.3, 0.4) is 0 Å². The highest BCUT2D eigenvalue weighted by Gasteiger charge is 2.19. The molecule has 2 heterocycles. The third-order valence-corrected chi connectivity index (χ3v) is 6.17. The molecular formula is C27H26N2O5S. The third-order valence-electron chi connectivity index (χ3n) is 5.18. The van der Waals surface area contributed by atoms with Crippen LogP contribution in [-0.2, 0) is 17.9 Å². The van der Waals surface area contributed by atoms with E-state index in [0.717, 1.165) is 4.88 Å². The molecule has 0 spiro atoms. The maximum Gasteiger partial charge on any atom is 0.262 e. The molecule has 0 saturated carbocycles. The maximum absolute atomic E-state index is 13.3. The smallest absolute Gasteiger partial charge is 0.262 e. The van der Waals surface area contributed by atoms with E-state index in [0.29, 0.717) is 41.6 Å². The molecule has 0 aliphatic rings. The molecule has 7 nitrogen and oxygen atoms in total. The number of carbonyl (C=O) groups excluding carboxylic acids is 2. The minimum absolute atomic E-state index is 0.116. The third kappa shape index (κ3) is 6.74. The fourth-order valence-electron chi connectivity index (χ4n) is 3.47. The van der Waals surface area contributed by atoms with Gasteiger partial charge in [-0.2, -0.15) is 0 Å². The molecule has 0 atom stereocenters. The largest absolute Gasteiger partial charge is 0.497 e. The first kappa shape index (κ1) is 24.1. The number of methoxy groups -OCH3 is 1. The second-order valence-electron chi connectivity index (χ2n) is 7.85. The molecule has 4 rings (SSSR count). The van der Waals surface area contributed by atoms with Gasteiger partial charge in [-0.25, -0.2) is 0 Å². The summed E-state index contributed by atoms with van der Waals surface area (Å²) in [6, 6.07) is 21.6. The van der Waals surface area contributed by atoms with Crippen LogP contribution in [0, 0.1) is 6.92 Å². The molecule has 0 aliphatic carbocycles. The number of nitrogens with zero attached hydrogens (tertiary/aromatic N) is 1. The van der Waals surface area contributed by atoms with Gasteiger partial charge in [0.05, 0.1) is 26.5 Å². The maximum atomic E-state index is 13.3. The molecule has 8 heteroatoms. The summed E-state index contributed by atoms with van der Waals surface area (Å²) in [4.78, 5) is 29.6. The number of aryl methyl sites for hydroxylation is 1. The standard InChI is InChI=1S/C27H26N2O5S/c1-19-8-13-25(35-19)17-29(16-24-7-4-14-33-24)27(31)20-9-11-22(12-10-20)34-18-26(30)28-21-5-3-6-23(15-21)32-2/h3-15H,16-18H2,1-2H3,(H,28,30). The van der Waals surface area contributed by atoms with Crippen molar-refractivity contribution in [3.05, 3.63) is 100 Å². The van der Waals surface area contributed by atoms with E-state index in [1.807, 2.05) is 31.2 Å². The average molecular weight is 491 g/mol. The Morgan fingerprint density at radius 2 is 1.80 bits per heavy atom. The van der Waals surface area contributed by atoms with E-state index in [1.165, 1.54) is 4.88 Å². The fraction of sp³-hybridized carbons (Fsp3) is 0.185. The van der Waals surface area contributed by atoms with Gasteiger partial charge < -0.3 is 24.1 Å². The number of carbonyl (C=O) groups is 2. The van der Waals surface area contributed by atoms with Gasteiger partial charge >= 0.3 is 0 Å². The predicted octanol–water partition coefficient (Wildman–Crippen LogP) is 5.52. The normalized spacial score (nSPS) is 10.6. The van der Waals surface area contributed by atoms with Crippen LogP contribution in [0.2, 0.25) is 0 Å². The lowest BCUT2D eigenvalue weighted by atomic mass is 10.2. The van der Waals surface area contributed by atoms with Crippen LogP contribution < -0.4 is 14.8 Å². The van der Waals surface area contributed by atoms with Gasteiger partial charge in [0.2, 0.25) is 0 Å². The number of furan rings is 1. The summed E-state index contributed by atoms with van der Waals surface area (Å²) in [6.45, 7) is 2.74. The van der Waals surface area contributed by atoms with E-state index in [9.17, 15) is 9.59 Å². The second-order valence-corrected chi connectivity index (χ2v) is 9.22. The molecule has 0 unspecified atom stereocenters. The number of rotatable bonds is 10. The minimum atomic E-state index is -0.297. The van der Waals surface area contributed by atoms with Crippen LogP contribution in [0.4, 0.5) is 5.69 Å². The summed E-state index contributed by atoms with van der Waals surface area (Å²) in [5, 5.41) is 2.76. The van der Waals surface area contributed by atoms with Gasteiger partial charge in [0.15, 0.2) is 6.61 Å². The Hall–Kier alpha value is -4.04. The first-order valence-corrected chi connectivity index (χ1v) is 11.9. The van der Waals surface area contributed by atoms with Crippen molar-refractivity contribution in [1.82, 2.24) is 4.90 Å². The lowest BCUT2D eigenvalue weighted by molar-refractivity contribution is -0.118. The van der Waals surface area contributed by atoms with Crippen LogP contribution in [-0.4, -0.2) is 30.4 Å². The van der Waals surface area contributed by atoms with Gasteiger partial charge in [-0.1, -0.05) is 6.07 Å². The molecule has 0 bridgehead atoms. The van der Waals surface area contributed by atoms with Crippen molar-refractivity contribution >= 4 is 28.8 Å². The van der Waals surface area contributed by atoms with E-state index in [4.69, 9.17) is 13.9 Å². The fourth-order valence-corrected chi connectivity index (χ4v) is 4.38. The molecule has 0 radical (unpaired) electrons. The molecule has 2 aromatic carbocycles. The number of ether oxygens (including phenoxy) is 2. The van der Waals surface area contributed by atoms with Crippen LogP contribution in [0.1, 0.15) is 25.9 Å². The summed E-state index contributed by atoms with van der Waals surface area (Å²) in [5.74, 6) is 1.45. The first-order valence-electron chi connectivity index (χ1n) is 11.0. The minimum Gasteiger partial charge on any atom is -0.497 e. The van der Waals surface area contributed by atoms with E-state index >= 15 is 0 Å². The Kier molecular flexibility index (Phi) is 7.84. The summed E-state index contributed by atoms with van der Waals surface area (Å²) >= 11 is 1.67. The van der Waals surface area contributed by atoms with Gasteiger partial charge in [-0.05, 0) is 67.6 Å². The summed E-state index contributed by atoms with van der Waals surface area (Å²) < 4.78 is 16.2. The van der Waals surface area contributed by atoms with E-state index < -0.39 is 0 Å². The number of nitrogens with one attached hydrogen (secondary N) is 1. The monoisotopic (exact) mass is 490 g/mol. The summed E-state index contributed by atoms with van der Waals surface area (Å²) in [6.07, 6.45) is 1.60. The highest BCUT2D eigenvalue weighted by Crippen LogP contribution is 2.22. The molecule has 2 amide bonds. The molecule has 35 heavy (non-hydrogen) atoms. The zero-order valence-corrected chi connectivity index (χ0v) is 20.3. The molecule has 4 aromatic rings.